The summed E-state index contributed by atoms with van der Waals surface area (Å²) in [5, 5.41) is 10.5. The minimum atomic E-state index is 0.237. The van der Waals surface area contributed by atoms with Gasteiger partial charge in [0.2, 0.25) is 0 Å². The van der Waals surface area contributed by atoms with Crippen molar-refractivity contribution in [3.8, 4) is 0 Å². The van der Waals surface area contributed by atoms with Crippen LogP contribution < -0.4 is 0 Å². The van der Waals surface area contributed by atoms with Crippen molar-refractivity contribution in [3.63, 3.8) is 0 Å². The second kappa shape index (κ2) is 6.66. The molecule has 0 aliphatic heterocycles. The standard InChI is InChI=1S/C16H22N2OS/c19-11-10-18(13-6-2-1-3-7-13)12-16-17-14-8-4-5-9-15(14)20-16/h4-5,8-9,13,19H,1-3,6-7,10-12H2. The Hall–Kier alpha value is -0.970. The molecule has 0 amide bonds. The van der Waals surface area contributed by atoms with E-state index in [0.717, 1.165) is 18.6 Å². The second-order valence-electron chi connectivity index (χ2n) is 5.56. The van der Waals surface area contributed by atoms with Crippen molar-refractivity contribution in [1.82, 2.24) is 9.88 Å². The lowest BCUT2D eigenvalue weighted by Crippen LogP contribution is -2.38. The molecule has 4 heteroatoms. The summed E-state index contributed by atoms with van der Waals surface area (Å²) in [6.45, 7) is 1.88. The highest BCUT2D eigenvalue weighted by Gasteiger charge is 2.21. The summed E-state index contributed by atoms with van der Waals surface area (Å²) in [6.07, 6.45) is 6.55. The molecule has 1 heterocycles. The minimum Gasteiger partial charge on any atom is -0.395 e. The molecule has 0 unspecified atom stereocenters. The molecule has 1 saturated carbocycles. The molecule has 0 radical (unpaired) electrons. The zero-order valence-electron chi connectivity index (χ0n) is 11.8. The van der Waals surface area contributed by atoms with Gasteiger partial charge in [-0.1, -0.05) is 31.4 Å². The van der Waals surface area contributed by atoms with Crippen LogP contribution in [-0.2, 0) is 6.54 Å². The van der Waals surface area contributed by atoms with E-state index >= 15 is 0 Å². The van der Waals surface area contributed by atoms with E-state index in [0.29, 0.717) is 6.04 Å². The molecule has 0 saturated heterocycles. The van der Waals surface area contributed by atoms with Crippen molar-refractivity contribution in [2.75, 3.05) is 13.2 Å². The zero-order chi connectivity index (χ0) is 13.8. The Kier molecular flexibility index (Phi) is 4.65. The van der Waals surface area contributed by atoms with Crippen molar-refractivity contribution in [2.24, 2.45) is 0 Å². The fraction of sp³-hybridized carbons (Fsp3) is 0.562. The number of aliphatic hydroxyl groups is 1. The average molecular weight is 290 g/mol. The Labute approximate surface area is 124 Å². The third kappa shape index (κ3) is 3.19. The minimum absolute atomic E-state index is 0.237. The fourth-order valence-corrected chi connectivity index (χ4v) is 4.12. The van der Waals surface area contributed by atoms with Gasteiger partial charge in [0.1, 0.15) is 5.01 Å². The summed E-state index contributed by atoms with van der Waals surface area (Å²) in [7, 11) is 0. The molecule has 0 spiro atoms. The summed E-state index contributed by atoms with van der Waals surface area (Å²) < 4.78 is 1.26. The van der Waals surface area contributed by atoms with E-state index in [1.54, 1.807) is 11.3 Å². The summed E-state index contributed by atoms with van der Waals surface area (Å²) in [5.74, 6) is 0. The molecule has 1 aromatic heterocycles. The monoisotopic (exact) mass is 290 g/mol. The first kappa shape index (κ1) is 14.0. The Bertz CT molecular complexity index is 515. The Morgan fingerprint density at radius 1 is 1.20 bits per heavy atom. The van der Waals surface area contributed by atoms with E-state index in [4.69, 9.17) is 4.98 Å². The van der Waals surface area contributed by atoms with E-state index in [1.807, 2.05) is 6.07 Å². The third-order valence-electron chi connectivity index (χ3n) is 4.15. The van der Waals surface area contributed by atoms with Crippen molar-refractivity contribution in [1.29, 1.82) is 0 Å². The van der Waals surface area contributed by atoms with Crippen LogP contribution in [0, 0.1) is 0 Å². The molecule has 3 nitrogen and oxygen atoms in total. The molecule has 1 aliphatic carbocycles. The number of hydrogen-bond donors (Lipinski definition) is 1. The Morgan fingerprint density at radius 3 is 2.75 bits per heavy atom. The van der Waals surface area contributed by atoms with Crippen LogP contribution in [-0.4, -0.2) is 34.2 Å². The lowest BCUT2D eigenvalue weighted by molar-refractivity contribution is 0.117. The number of thiazole rings is 1. The van der Waals surface area contributed by atoms with Crippen LogP contribution in [0.15, 0.2) is 24.3 Å². The number of fused-ring (bicyclic) bond motifs is 1. The summed E-state index contributed by atoms with van der Waals surface area (Å²) in [4.78, 5) is 7.15. The van der Waals surface area contributed by atoms with Crippen LogP contribution in [0.3, 0.4) is 0 Å². The van der Waals surface area contributed by atoms with Crippen LogP contribution >= 0.6 is 11.3 Å². The van der Waals surface area contributed by atoms with Crippen molar-refractivity contribution < 1.29 is 5.11 Å². The maximum Gasteiger partial charge on any atom is 0.108 e. The summed E-state index contributed by atoms with van der Waals surface area (Å²) in [5.41, 5.74) is 1.10. The van der Waals surface area contributed by atoms with E-state index in [-0.39, 0.29) is 6.61 Å². The van der Waals surface area contributed by atoms with Crippen molar-refractivity contribution >= 4 is 21.6 Å². The summed E-state index contributed by atoms with van der Waals surface area (Å²) >= 11 is 1.78. The van der Waals surface area contributed by atoms with Gasteiger partial charge in [0.15, 0.2) is 0 Å². The molecule has 108 valence electrons. The van der Waals surface area contributed by atoms with E-state index in [2.05, 4.69) is 23.1 Å². The molecule has 1 N–H and O–H groups in total. The summed E-state index contributed by atoms with van der Waals surface area (Å²) in [6, 6.07) is 8.94. The van der Waals surface area contributed by atoms with E-state index in [1.165, 1.54) is 41.8 Å². The fourth-order valence-electron chi connectivity index (χ4n) is 3.13. The topological polar surface area (TPSA) is 36.4 Å². The first-order valence-corrected chi connectivity index (χ1v) is 8.38. The molecule has 1 aliphatic rings. The van der Waals surface area contributed by atoms with E-state index < -0.39 is 0 Å². The number of aliphatic hydroxyl groups excluding tert-OH is 1. The highest BCUT2D eigenvalue weighted by atomic mass is 32.1. The van der Waals surface area contributed by atoms with Gasteiger partial charge < -0.3 is 5.11 Å². The smallest absolute Gasteiger partial charge is 0.108 e. The highest BCUT2D eigenvalue weighted by Crippen LogP contribution is 2.27. The normalized spacial score (nSPS) is 17.1. The van der Waals surface area contributed by atoms with E-state index in [9.17, 15) is 5.11 Å². The zero-order valence-corrected chi connectivity index (χ0v) is 12.6. The molecular formula is C16H22N2OS. The predicted octanol–water partition coefficient (Wildman–Crippen LogP) is 3.42. The molecule has 20 heavy (non-hydrogen) atoms. The largest absolute Gasteiger partial charge is 0.395 e. The van der Waals surface area contributed by atoms with Gasteiger partial charge >= 0.3 is 0 Å². The number of rotatable bonds is 5. The maximum absolute atomic E-state index is 9.33. The van der Waals surface area contributed by atoms with Crippen LogP contribution in [0.25, 0.3) is 10.2 Å². The van der Waals surface area contributed by atoms with Gasteiger partial charge in [-0.2, -0.15) is 0 Å². The number of benzene rings is 1. The van der Waals surface area contributed by atoms with Gasteiger partial charge in [-0.25, -0.2) is 4.98 Å². The molecule has 1 aromatic carbocycles. The first-order valence-electron chi connectivity index (χ1n) is 7.56. The molecule has 2 aromatic rings. The van der Waals surface area contributed by atoms with Gasteiger partial charge in [0, 0.05) is 12.6 Å². The average Bonchev–Trinajstić information content (AvgIpc) is 2.90. The Balaban J connectivity index is 1.74. The predicted molar refractivity (Wildman–Crippen MR) is 84.0 cm³/mol. The van der Waals surface area contributed by atoms with Gasteiger partial charge in [0.05, 0.1) is 23.4 Å². The third-order valence-corrected chi connectivity index (χ3v) is 5.18. The molecular weight excluding hydrogens is 268 g/mol. The van der Waals surface area contributed by atoms with Crippen LogP contribution in [0.1, 0.15) is 37.1 Å². The molecule has 0 atom stereocenters. The maximum atomic E-state index is 9.33. The van der Waals surface area contributed by atoms with Gasteiger partial charge in [0.25, 0.3) is 0 Å². The Morgan fingerprint density at radius 2 is 2.00 bits per heavy atom. The lowest BCUT2D eigenvalue weighted by atomic mass is 9.94. The van der Waals surface area contributed by atoms with Crippen molar-refractivity contribution in [3.05, 3.63) is 29.3 Å². The number of hydrogen-bond acceptors (Lipinski definition) is 4. The SMILES string of the molecule is OCCN(Cc1nc2ccccc2s1)C1CCCCC1. The van der Waals surface area contributed by atoms with Crippen LogP contribution in [0.2, 0.25) is 0 Å². The number of para-hydroxylation sites is 1. The lowest BCUT2D eigenvalue weighted by Gasteiger charge is -2.33. The molecule has 0 bridgehead atoms. The first-order chi connectivity index (χ1) is 9.86. The molecule has 1 fully saturated rings. The van der Waals surface area contributed by atoms with Crippen molar-refractivity contribution in [2.45, 2.75) is 44.7 Å². The van der Waals surface area contributed by atoms with Crippen LogP contribution in [0.5, 0.6) is 0 Å². The highest BCUT2D eigenvalue weighted by molar-refractivity contribution is 7.18. The van der Waals surface area contributed by atoms with Crippen LogP contribution in [0.4, 0.5) is 0 Å². The van der Waals surface area contributed by atoms with Gasteiger partial charge in [-0.05, 0) is 25.0 Å². The number of aromatic nitrogens is 1. The second-order valence-corrected chi connectivity index (χ2v) is 6.68. The van der Waals surface area contributed by atoms with Gasteiger partial charge in [-0.3, -0.25) is 4.90 Å². The number of nitrogens with zero attached hydrogens (tertiary/aromatic N) is 2. The van der Waals surface area contributed by atoms with Gasteiger partial charge in [-0.15, -0.1) is 11.3 Å². The molecule has 3 rings (SSSR count). The quantitative estimate of drug-likeness (QED) is 0.916.